The van der Waals surface area contributed by atoms with Crippen LogP contribution in [0.1, 0.15) is 18.9 Å². The van der Waals surface area contributed by atoms with E-state index in [1.807, 2.05) is 24.4 Å². The molecule has 0 amide bonds. The van der Waals surface area contributed by atoms with Crippen molar-refractivity contribution < 1.29 is 9.13 Å². The van der Waals surface area contributed by atoms with Crippen molar-refractivity contribution in [2.75, 3.05) is 44.7 Å². The predicted octanol–water partition coefficient (Wildman–Crippen LogP) is 3.94. The summed E-state index contributed by atoms with van der Waals surface area (Å²) in [5.74, 6) is 2.05. The maximum atomic E-state index is 13.4. The number of fused-ring (bicyclic) bond motifs is 1. The van der Waals surface area contributed by atoms with Crippen LogP contribution >= 0.6 is 0 Å². The summed E-state index contributed by atoms with van der Waals surface area (Å²) in [6.45, 7) is 6.49. The zero-order chi connectivity index (χ0) is 22.3. The van der Waals surface area contributed by atoms with Crippen LogP contribution in [0.25, 0.3) is 10.9 Å². The highest BCUT2D eigenvalue weighted by molar-refractivity contribution is 5.83. The average molecular weight is 438 g/mol. The minimum absolute atomic E-state index is 0.220. The molecule has 0 spiro atoms. The van der Waals surface area contributed by atoms with Crippen molar-refractivity contribution in [2.24, 2.45) is 10.9 Å². The Labute approximate surface area is 188 Å². The van der Waals surface area contributed by atoms with E-state index in [4.69, 9.17) is 9.73 Å². The maximum absolute atomic E-state index is 13.4. The smallest absolute Gasteiger partial charge is 0.191 e. The van der Waals surface area contributed by atoms with E-state index in [9.17, 15) is 4.39 Å². The third-order valence-corrected chi connectivity index (χ3v) is 5.97. The molecule has 0 radical (unpaired) electrons. The zero-order valence-electron chi connectivity index (χ0n) is 18.8. The molecule has 32 heavy (non-hydrogen) atoms. The lowest BCUT2D eigenvalue weighted by atomic mass is 10.1. The second-order valence-corrected chi connectivity index (χ2v) is 8.20. The van der Waals surface area contributed by atoms with Gasteiger partial charge in [0.2, 0.25) is 0 Å². The number of guanidine groups is 1. The number of methoxy groups -OCH3 is 1. The SMILES string of the molecule is CCNC(=NCC1CCN(c2cccc(OC)c2)C1)NCCc1c[nH]c2cc(F)ccc12. The molecule has 1 saturated heterocycles. The first-order valence-electron chi connectivity index (χ1n) is 11.3. The van der Waals surface area contributed by atoms with E-state index in [0.717, 1.165) is 68.2 Å². The molecular weight excluding hydrogens is 405 g/mol. The first kappa shape index (κ1) is 22.0. The molecule has 2 aromatic carbocycles. The molecule has 1 aliphatic heterocycles. The summed E-state index contributed by atoms with van der Waals surface area (Å²) in [7, 11) is 1.70. The lowest BCUT2D eigenvalue weighted by Crippen LogP contribution is -2.38. The van der Waals surface area contributed by atoms with Crippen LogP contribution < -0.4 is 20.3 Å². The number of nitrogens with one attached hydrogen (secondary N) is 3. The molecule has 0 saturated carbocycles. The van der Waals surface area contributed by atoms with E-state index in [2.05, 4.69) is 39.6 Å². The minimum Gasteiger partial charge on any atom is -0.497 e. The van der Waals surface area contributed by atoms with Crippen LogP contribution in [-0.4, -0.2) is 50.8 Å². The summed E-state index contributed by atoms with van der Waals surface area (Å²) in [4.78, 5) is 10.4. The van der Waals surface area contributed by atoms with Crippen molar-refractivity contribution in [1.29, 1.82) is 0 Å². The van der Waals surface area contributed by atoms with Crippen LogP contribution in [0.3, 0.4) is 0 Å². The number of ether oxygens (including phenoxy) is 1. The summed E-state index contributed by atoms with van der Waals surface area (Å²) in [5, 5.41) is 7.85. The Morgan fingerprint density at radius 2 is 2.16 bits per heavy atom. The lowest BCUT2D eigenvalue weighted by Gasteiger charge is -2.19. The number of nitrogens with zero attached hydrogens (tertiary/aromatic N) is 2. The van der Waals surface area contributed by atoms with E-state index in [1.54, 1.807) is 7.11 Å². The van der Waals surface area contributed by atoms with Gasteiger partial charge in [-0.05, 0) is 61.6 Å². The van der Waals surface area contributed by atoms with Crippen molar-refractivity contribution in [3.8, 4) is 5.75 Å². The Kier molecular flexibility index (Phi) is 7.14. The molecule has 1 atom stereocenters. The maximum Gasteiger partial charge on any atom is 0.191 e. The van der Waals surface area contributed by atoms with Gasteiger partial charge in [-0.15, -0.1) is 0 Å². The molecule has 0 aliphatic carbocycles. The van der Waals surface area contributed by atoms with Crippen LogP contribution in [0, 0.1) is 11.7 Å². The van der Waals surface area contributed by atoms with Crippen molar-refractivity contribution in [2.45, 2.75) is 19.8 Å². The van der Waals surface area contributed by atoms with Gasteiger partial charge in [0, 0.05) is 61.6 Å². The van der Waals surface area contributed by atoms with E-state index >= 15 is 0 Å². The lowest BCUT2D eigenvalue weighted by molar-refractivity contribution is 0.415. The van der Waals surface area contributed by atoms with Crippen molar-refractivity contribution in [1.82, 2.24) is 15.6 Å². The molecule has 4 rings (SSSR count). The van der Waals surface area contributed by atoms with Gasteiger partial charge >= 0.3 is 0 Å². The number of aliphatic imine (C=N–C) groups is 1. The number of hydrogen-bond donors (Lipinski definition) is 3. The number of aromatic nitrogens is 1. The summed E-state index contributed by atoms with van der Waals surface area (Å²) in [6.07, 6.45) is 3.93. The first-order chi connectivity index (χ1) is 15.7. The molecule has 6 nitrogen and oxygen atoms in total. The molecule has 3 aromatic rings. The van der Waals surface area contributed by atoms with Gasteiger partial charge in [-0.25, -0.2) is 4.39 Å². The van der Waals surface area contributed by atoms with Gasteiger partial charge in [0.05, 0.1) is 7.11 Å². The number of halogens is 1. The standard InChI is InChI=1S/C25H32FN5O/c1-3-27-25(28-11-9-19-16-29-24-13-20(26)7-8-23(19)24)30-15-18-10-12-31(17-18)21-5-4-6-22(14-21)32-2/h4-8,13-14,16,18,29H,3,9-12,15,17H2,1-2H3,(H2,27,28,30). The quantitative estimate of drug-likeness (QED) is 0.369. The van der Waals surface area contributed by atoms with Gasteiger partial charge in [-0.1, -0.05) is 6.07 Å². The van der Waals surface area contributed by atoms with E-state index in [0.29, 0.717) is 5.92 Å². The Morgan fingerprint density at radius 3 is 3.00 bits per heavy atom. The Balaban J connectivity index is 1.30. The van der Waals surface area contributed by atoms with Gasteiger partial charge in [0.1, 0.15) is 11.6 Å². The zero-order valence-corrected chi connectivity index (χ0v) is 18.8. The third kappa shape index (κ3) is 5.33. The number of benzene rings is 2. The molecule has 3 N–H and O–H groups in total. The Morgan fingerprint density at radius 1 is 1.25 bits per heavy atom. The van der Waals surface area contributed by atoms with E-state index < -0.39 is 0 Å². The molecule has 170 valence electrons. The van der Waals surface area contributed by atoms with E-state index in [-0.39, 0.29) is 5.82 Å². The van der Waals surface area contributed by atoms with Crippen LogP contribution in [0.15, 0.2) is 53.7 Å². The second-order valence-electron chi connectivity index (χ2n) is 8.20. The van der Waals surface area contributed by atoms with Gasteiger partial charge in [0.25, 0.3) is 0 Å². The van der Waals surface area contributed by atoms with Crippen molar-refractivity contribution >= 4 is 22.5 Å². The van der Waals surface area contributed by atoms with Gasteiger partial charge < -0.3 is 25.3 Å². The predicted molar refractivity (Wildman–Crippen MR) is 129 cm³/mol. The number of anilines is 1. The highest BCUT2D eigenvalue weighted by atomic mass is 19.1. The molecular formula is C25H32FN5O. The summed E-state index contributed by atoms with van der Waals surface area (Å²) >= 11 is 0. The Bertz CT molecular complexity index is 1060. The summed E-state index contributed by atoms with van der Waals surface area (Å²) < 4.78 is 18.7. The summed E-state index contributed by atoms with van der Waals surface area (Å²) in [5.41, 5.74) is 3.22. The van der Waals surface area contributed by atoms with Crippen LogP contribution in [0.4, 0.5) is 10.1 Å². The molecule has 1 fully saturated rings. The summed E-state index contributed by atoms with van der Waals surface area (Å²) in [6, 6.07) is 13.1. The average Bonchev–Trinajstić information content (AvgIpc) is 3.44. The number of aromatic amines is 1. The van der Waals surface area contributed by atoms with Gasteiger partial charge in [-0.2, -0.15) is 0 Å². The van der Waals surface area contributed by atoms with Crippen LogP contribution in [-0.2, 0) is 6.42 Å². The monoisotopic (exact) mass is 437 g/mol. The molecule has 7 heteroatoms. The molecule has 1 aliphatic rings. The third-order valence-electron chi connectivity index (χ3n) is 5.97. The van der Waals surface area contributed by atoms with Crippen LogP contribution in [0.5, 0.6) is 5.75 Å². The van der Waals surface area contributed by atoms with Crippen molar-refractivity contribution in [3.05, 3.63) is 60.0 Å². The topological polar surface area (TPSA) is 64.7 Å². The molecule has 2 heterocycles. The highest BCUT2D eigenvalue weighted by Crippen LogP contribution is 2.27. The van der Waals surface area contributed by atoms with Gasteiger partial charge in [-0.3, -0.25) is 4.99 Å². The largest absolute Gasteiger partial charge is 0.497 e. The Hall–Kier alpha value is -3.22. The number of H-pyrrole nitrogens is 1. The van der Waals surface area contributed by atoms with E-state index in [1.165, 1.54) is 23.4 Å². The second kappa shape index (κ2) is 10.4. The molecule has 0 bridgehead atoms. The fraction of sp³-hybridized carbons (Fsp3) is 0.400. The fourth-order valence-electron chi connectivity index (χ4n) is 4.27. The number of hydrogen-bond acceptors (Lipinski definition) is 3. The first-order valence-corrected chi connectivity index (χ1v) is 11.3. The number of rotatable bonds is 8. The van der Waals surface area contributed by atoms with Gasteiger partial charge in [0.15, 0.2) is 5.96 Å². The van der Waals surface area contributed by atoms with Crippen LogP contribution in [0.2, 0.25) is 0 Å². The minimum atomic E-state index is -0.220. The molecule has 1 unspecified atom stereocenters. The highest BCUT2D eigenvalue weighted by Gasteiger charge is 2.22. The normalized spacial score (nSPS) is 16.5. The van der Waals surface area contributed by atoms with Crippen molar-refractivity contribution in [3.63, 3.8) is 0 Å². The molecule has 1 aromatic heterocycles. The fourth-order valence-corrected chi connectivity index (χ4v) is 4.27.